The SMILES string of the molecule is O=C(O)c1ccc(Oc2ccc(Cl)cc2NS(=O)(=O)c2ccc(Cl)c(Cl)c2)cc1. The minimum Gasteiger partial charge on any atom is -0.478 e. The first-order valence-corrected chi connectivity index (χ1v) is 10.6. The van der Waals surface area contributed by atoms with Gasteiger partial charge in [-0.2, -0.15) is 0 Å². The van der Waals surface area contributed by atoms with Crippen molar-refractivity contribution in [3.63, 3.8) is 0 Å². The quantitative estimate of drug-likeness (QED) is 0.463. The van der Waals surface area contributed by atoms with E-state index in [1.807, 2.05) is 0 Å². The van der Waals surface area contributed by atoms with Crippen molar-refractivity contribution < 1.29 is 23.1 Å². The summed E-state index contributed by atoms with van der Waals surface area (Å²) in [6.45, 7) is 0. The Hall–Kier alpha value is -2.45. The maximum atomic E-state index is 12.7. The molecule has 0 aliphatic carbocycles. The van der Waals surface area contributed by atoms with Crippen molar-refractivity contribution in [1.82, 2.24) is 0 Å². The standard InChI is InChI=1S/C19H12Cl3NO5S/c20-12-3-8-18(28-13-4-1-11(2-5-13)19(24)25)17(9-12)23-29(26,27)14-6-7-15(21)16(22)10-14/h1-10,23H,(H,24,25). The van der Waals surface area contributed by atoms with Crippen LogP contribution in [0.4, 0.5) is 5.69 Å². The molecule has 2 N–H and O–H groups in total. The van der Waals surface area contributed by atoms with Gasteiger partial charge in [-0.05, 0) is 60.7 Å². The van der Waals surface area contributed by atoms with Gasteiger partial charge in [0, 0.05) is 5.02 Å². The van der Waals surface area contributed by atoms with E-state index in [1.165, 1.54) is 60.7 Å². The van der Waals surface area contributed by atoms with Crippen molar-refractivity contribution in [2.45, 2.75) is 4.90 Å². The zero-order valence-corrected chi connectivity index (χ0v) is 17.5. The molecule has 3 aromatic rings. The maximum Gasteiger partial charge on any atom is 0.335 e. The van der Waals surface area contributed by atoms with E-state index in [9.17, 15) is 13.2 Å². The normalized spacial score (nSPS) is 11.1. The fraction of sp³-hybridized carbons (Fsp3) is 0. The highest BCUT2D eigenvalue weighted by atomic mass is 35.5. The summed E-state index contributed by atoms with van der Waals surface area (Å²) < 4.78 is 33.6. The Labute approximate surface area is 181 Å². The summed E-state index contributed by atoms with van der Waals surface area (Å²) in [6.07, 6.45) is 0. The Kier molecular flexibility index (Phi) is 6.24. The van der Waals surface area contributed by atoms with E-state index >= 15 is 0 Å². The Bertz CT molecular complexity index is 1180. The number of rotatable bonds is 6. The summed E-state index contributed by atoms with van der Waals surface area (Å²) >= 11 is 17.7. The first kappa shape index (κ1) is 21.3. The number of sulfonamides is 1. The van der Waals surface area contributed by atoms with Gasteiger partial charge in [-0.1, -0.05) is 34.8 Å². The number of hydrogen-bond acceptors (Lipinski definition) is 4. The second kappa shape index (κ2) is 8.51. The molecule has 0 atom stereocenters. The van der Waals surface area contributed by atoms with Crippen molar-refractivity contribution in [3.05, 3.63) is 81.3 Å². The lowest BCUT2D eigenvalue weighted by atomic mass is 10.2. The summed E-state index contributed by atoms with van der Waals surface area (Å²) in [5.41, 5.74) is 0.180. The number of carboxylic acids is 1. The van der Waals surface area contributed by atoms with Gasteiger partial charge < -0.3 is 9.84 Å². The smallest absolute Gasteiger partial charge is 0.335 e. The van der Waals surface area contributed by atoms with Gasteiger partial charge in [0.2, 0.25) is 0 Å². The molecule has 29 heavy (non-hydrogen) atoms. The molecule has 0 spiro atoms. The molecule has 0 fully saturated rings. The average molecular weight is 473 g/mol. The lowest BCUT2D eigenvalue weighted by Crippen LogP contribution is -2.13. The van der Waals surface area contributed by atoms with Crippen LogP contribution in [0.3, 0.4) is 0 Å². The van der Waals surface area contributed by atoms with Crippen LogP contribution in [0.1, 0.15) is 10.4 Å². The van der Waals surface area contributed by atoms with Crippen LogP contribution in [-0.4, -0.2) is 19.5 Å². The van der Waals surface area contributed by atoms with Crippen LogP contribution in [0, 0.1) is 0 Å². The lowest BCUT2D eigenvalue weighted by molar-refractivity contribution is 0.0697. The Morgan fingerprint density at radius 1 is 0.897 bits per heavy atom. The van der Waals surface area contributed by atoms with E-state index in [-0.39, 0.29) is 37.0 Å². The number of aromatic carboxylic acids is 1. The van der Waals surface area contributed by atoms with Gasteiger partial charge in [0.1, 0.15) is 5.75 Å². The van der Waals surface area contributed by atoms with Crippen LogP contribution in [0.25, 0.3) is 0 Å². The number of benzene rings is 3. The van der Waals surface area contributed by atoms with E-state index in [4.69, 9.17) is 44.6 Å². The van der Waals surface area contributed by atoms with Gasteiger partial charge in [0.15, 0.2) is 5.75 Å². The summed E-state index contributed by atoms with van der Waals surface area (Å²) in [4.78, 5) is 10.9. The summed E-state index contributed by atoms with van der Waals surface area (Å²) in [6, 6.07) is 14.0. The summed E-state index contributed by atoms with van der Waals surface area (Å²) in [5.74, 6) is -0.591. The number of halogens is 3. The van der Waals surface area contributed by atoms with Gasteiger partial charge in [0.25, 0.3) is 10.0 Å². The number of nitrogens with one attached hydrogen (secondary N) is 1. The number of hydrogen-bond donors (Lipinski definition) is 2. The van der Waals surface area contributed by atoms with Crippen molar-refractivity contribution in [2.75, 3.05) is 4.72 Å². The highest BCUT2D eigenvalue weighted by molar-refractivity contribution is 7.92. The second-order valence-electron chi connectivity index (χ2n) is 5.75. The van der Waals surface area contributed by atoms with E-state index < -0.39 is 16.0 Å². The molecule has 0 aliphatic rings. The molecule has 0 saturated heterocycles. The Balaban J connectivity index is 1.92. The van der Waals surface area contributed by atoms with Gasteiger partial charge in [-0.15, -0.1) is 0 Å². The third kappa shape index (κ3) is 5.13. The molecule has 0 heterocycles. The zero-order chi connectivity index (χ0) is 21.2. The van der Waals surface area contributed by atoms with Crippen LogP contribution in [0.2, 0.25) is 15.1 Å². The minimum atomic E-state index is -4.01. The second-order valence-corrected chi connectivity index (χ2v) is 8.69. The van der Waals surface area contributed by atoms with E-state index in [0.717, 1.165) is 0 Å². The van der Waals surface area contributed by atoms with Crippen molar-refractivity contribution in [2.24, 2.45) is 0 Å². The molecular weight excluding hydrogens is 461 g/mol. The van der Waals surface area contributed by atoms with Crippen molar-refractivity contribution >= 4 is 56.5 Å². The highest BCUT2D eigenvalue weighted by Gasteiger charge is 2.19. The van der Waals surface area contributed by atoms with Gasteiger partial charge in [-0.3, -0.25) is 4.72 Å². The fourth-order valence-corrected chi connectivity index (χ4v) is 3.93. The Morgan fingerprint density at radius 3 is 2.21 bits per heavy atom. The molecule has 0 aromatic heterocycles. The molecule has 0 bridgehead atoms. The fourth-order valence-electron chi connectivity index (χ4n) is 2.31. The van der Waals surface area contributed by atoms with Gasteiger partial charge in [0.05, 0.1) is 26.2 Å². The molecule has 0 radical (unpaired) electrons. The third-order valence-electron chi connectivity index (χ3n) is 3.72. The maximum absolute atomic E-state index is 12.7. The summed E-state index contributed by atoms with van der Waals surface area (Å²) in [7, 11) is -4.01. The molecule has 3 rings (SSSR count). The van der Waals surface area contributed by atoms with Crippen LogP contribution < -0.4 is 9.46 Å². The Morgan fingerprint density at radius 2 is 1.59 bits per heavy atom. The van der Waals surface area contributed by atoms with Crippen LogP contribution in [0.15, 0.2) is 65.6 Å². The van der Waals surface area contributed by atoms with Crippen LogP contribution in [-0.2, 0) is 10.0 Å². The van der Waals surface area contributed by atoms with Crippen molar-refractivity contribution in [1.29, 1.82) is 0 Å². The topological polar surface area (TPSA) is 92.7 Å². The van der Waals surface area contributed by atoms with Crippen LogP contribution in [0.5, 0.6) is 11.5 Å². The molecule has 0 aliphatic heterocycles. The first-order valence-electron chi connectivity index (χ1n) is 7.94. The van der Waals surface area contributed by atoms with Gasteiger partial charge in [-0.25, -0.2) is 13.2 Å². The molecule has 3 aromatic carbocycles. The molecule has 150 valence electrons. The largest absolute Gasteiger partial charge is 0.478 e. The van der Waals surface area contributed by atoms with Crippen molar-refractivity contribution in [3.8, 4) is 11.5 Å². The number of carboxylic acid groups (broad SMARTS) is 1. The monoisotopic (exact) mass is 471 g/mol. The first-order chi connectivity index (χ1) is 13.7. The molecule has 0 amide bonds. The van der Waals surface area contributed by atoms with E-state index in [2.05, 4.69) is 4.72 Å². The predicted molar refractivity (Wildman–Crippen MR) is 112 cm³/mol. The molecule has 10 heteroatoms. The van der Waals surface area contributed by atoms with Crippen LogP contribution >= 0.6 is 34.8 Å². The number of anilines is 1. The molecule has 6 nitrogen and oxygen atoms in total. The molecular formula is C19H12Cl3NO5S. The number of ether oxygens (including phenoxy) is 1. The van der Waals surface area contributed by atoms with E-state index in [0.29, 0.717) is 5.75 Å². The zero-order valence-electron chi connectivity index (χ0n) is 14.4. The summed E-state index contributed by atoms with van der Waals surface area (Å²) in [5, 5.41) is 9.56. The molecule has 0 unspecified atom stereocenters. The highest BCUT2D eigenvalue weighted by Crippen LogP contribution is 2.34. The number of carbonyl (C=O) groups is 1. The minimum absolute atomic E-state index is 0.0888. The van der Waals surface area contributed by atoms with Gasteiger partial charge >= 0.3 is 5.97 Å². The average Bonchev–Trinajstić information content (AvgIpc) is 2.66. The lowest BCUT2D eigenvalue weighted by Gasteiger charge is -2.14. The van der Waals surface area contributed by atoms with E-state index in [1.54, 1.807) is 0 Å². The predicted octanol–water partition coefficient (Wildman–Crippen LogP) is 5.94. The third-order valence-corrected chi connectivity index (χ3v) is 6.05. The molecule has 0 saturated carbocycles.